The van der Waals surface area contributed by atoms with Crippen LogP contribution in [-0.2, 0) is 16.6 Å². The second kappa shape index (κ2) is 6.75. The Morgan fingerprint density at radius 3 is 2.76 bits per heavy atom. The Labute approximate surface area is 132 Å². The van der Waals surface area contributed by atoms with Crippen molar-refractivity contribution in [3.8, 4) is 0 Å². The summed E-state index contributed by atoms with van der Waals surface area (Å²) < 4.78 is 27.8. The van der Waals surface area contributed by atoms with E-state index < -0.39 is 10.0 Å². The van der Waals surface area contributed by atoms with Crippen LogP contribution in [0.1, 0.15) is 23.8 Å². The molecule has 1 N–H and O–H groups in total. The molecule has 120 valence electrons. The number of hydrogen-bond donors (Lipinski definition) is 1. The Hall–Kier alpha value is -0.470. The van der Waals surface area contributed by atoms with Crippen molar-refractivity contribution in [3.63, 3.8) is 0 Å². The van der Waals surface area contributed by atoms with Crippen LogP contribution < -0.4 is 5.32 Å². The molecule has 0 aliphatic carbocycles. The zero-order valence-corrected chi connectivity index (χ0v) is 14.9. The molecule has 1 aromatic rings. The van der Waals surface area contributed by atoms with Gasteiger partial charge in [0.2, 0.25) is 0 Å². The molecular formula is C14H25N3O2S2. The van der Waals surface area contributed by atoms with Gasteiger partial charge in [0.1, 0.15) is 4.21 Å². The molecule has 0 saturated carbocycles. The van der Waals surface area contributed by atoms with Gasteiger partial charge in [-0.3, -0.25) is 0 Å². The van der Waals surface area contributed by atoms with Gasteiger partial charge in [-0.2, -0.15) is 4.31 Å². The van der Waals surface area contributed by atoms with E-state index in [0.29, 0.717) is 29.9 Å². The molecule has 7 heteroatoms. The lowest BCUT2D eigenvalue weighted by atomic mass is 10.1. The van der Waals surface area contributed by atoms with Gasteiger partial charge in [-0.1, -0.05) is 6.92 Å². The van der Waals surface area contributed by atoms with Gasteiger partial charge in [0.05, 0.1) is 0 Å². The van der Waals surface area contributed by atoms with E-state index in [1.165, 1.54) is 11.3 Å². The predicted molar refractivity (Wildman–Crippen MR) is 87.3 cm³/mol. The normalized spacial score (nSPS) is 21.8. The first-order chi connectivity index (χ1) is 9.90. The highest BCUT2D eigenvalue weighted by Gasteiger charge is 2.33. The molecule has 2 rings (SSSR count). The average Bonchev–Trinajstić information content (AvgIpc) is 2.82. The van der Waals surface area contributed by atoms with Crippen LogP contribution in [0.2, 0.25) is 0 Å². The third-order valence-corrected chi connectivity index (χ3v) is 7.69. The van der Waals surface area contributed by atoms with Gasteiger partial charge in [0, 0.05) is 37.1 Å². The first-order valence-electron chi connectivity index (χ1n) is 7.34. The molecular weight excluding hydrogens is 306 g/mol. The first kappa shape index (κ1) is 16.9. The summed E-state index contributed by atoms with van der Waals surface area (Å²) in [7, 11) is 0.592. The summed E-state index contributed by atoms with van der Waals surface area (Å²) in [5.41, 5.74) is 1.05. The molecule has 1 unspecified atom stereocenters. The molecule has 5 nitrogen and oxygen atoms in total. The number of sulfonamides is 1. The number of nitrogens with one attached hydrogen (secondary N) is 1. The third-order valence-electron chi connectivity index (χ3n) is 4.14. The molecule has 0 bridgehead atoms. The van der Waals surface area contributed by atoms with Crippen molar-refractivity contribution in [2.24, 2.45) is 0 Å². The Morgan fingerprint density at radius 1 is 1.43 bits per heavy atom. The molecule has 0 radical (unpaired) electrons. The highest BCUT2D eigenvalue weighted by atomic mass is 32.2. The Kier molecular flexibility index (Phi) is 5.43. The summed E-state index contributed by atoms with van der Waals surface area (Å²) in [4.78, 5) is 3.34. The smallest absolute Gasteiger partial charge is 0.252 e. The molecule has 1 aliphatic heterocycles. The topological polar surface area (TPSA) is 52.7 Å². The standard InChI is InChI=1S/C14H25N3O2S2/c1-5-12-10-17(7-6-16(12)4)21(18,19)14-8-11(2)13(20-14)9-15-3/h8,12,15H,5-7,9-10H2,1-4H3. The molecule has 1 fully saturated rings. The number of aryl methyl sites for hydroxylation is 1. The van der Waals surface area contributed by atoms with Gasteiger partial charge in [-0.05, 0) is 39.1 Å². The van der Waals surface area contributed by atoms with Crippen LogP contribution in [-0.4, -0.2) is 57.4 Å². The lowest BCUT2D eigenvalue weighted by Gasteiger charge is -2.38. The quantitative estimate of drug-likeness (QED) is 0.888. The van der Waals surface area contributed by atoms with E-state index in [9.17, 15) is 8.42 Å². The number of thiophene rings is 1. The lowest BCUT2D eigenvalue weighted by Crippen LogP contribution is -2.52. The number of piperazine rings is 1. The summed E-state index contributed by atoms with van der Waals surface area (Å²) in [6.45, 7) is 6.76. The van der Waals surface area contributed by atoms with Gasteiger partial charge in [-0.25, -0.2) is 8.42 Å². The maximum atomic E-state index is 12.8. The maximum absolute atomic E-state index is 12.8. The predicted octanol–water partition coefficient (Wildman–Crippen LogP) is 1.49. The Balaban J connectivity index is 2.23. The van der Waals surface area contributed by atoms with Gasteiger partial charge < -0.3 is 10.2 Å². The summed E-state index contributed by atoms with van der Waals surface area (Å²) in [6.07, 6.45) is 0.969. The summed E-state index contributed by atoms with van der Waals surface area (Å²) in [6, 6.07) is 2.12. The number of hydrogen-bond acceptors (Lipinski definition) is 5. The highest BCUT2D eigenvalue weighted by Crippen LogP contribution is 2.29. The zero-order valence-electron chi connectivity index (χ0n) is 13.2. The molecule has 1 aromatic heterocycles. The second-order valence-electron chi connectivity index (χ2n) is 5.61. The molecule has 0 spiro atoms. The van der Waals surface area contributed by atoms with Crippen molar-refractivity contribution in [2.45, 2.75) is 37.1 Å². The number of nitrogens with zero attached hydrogens (tertiary/aromatic N) is 2. The van der Waals surface area contributed by atoms with Crippen LogP contribution in [0.3, 0.4) is 0 Å². The van der Waals surface area contributed by atoms with Crippen molar-refractivity contribution >= 4 is 21.4 Å². The zero-order chi connectivity index (χ0) is 15.6. The lowest BCUT2D eigenvalue weighted by molar-refractivity contribution is 0.144. The fourth-order valence-corrected chi connectivity index (χ4v) is 5.88. The van der Waals surface area contributed by atoms with E-state index >= 15 is 0 Å². The maximum Gasteiger partial charge on any atom is 0.252 e. The van der Waals surface area contributed by atoms with E-state index in [-0.39, 0.29) is 0 Å². The summed E-state index contributed by atoms with van der Waals surface area (Å²) in [5, 5.41) is 3.09. The van der Waals surface area contributed by atoms with Gasteiger partial charge in [0.15, 0.2) is 0 Å². The average molecular weight is 332 g/mol. The van der Waals surface area contributed by atoms with Crippen molar-refractivity contribution in [3.05, 3.63) is 16.5 Å². The van der Waals surface area contributed by atoms with Gasteiger partial charge >= 0.3 is 0 Å². The Bertz CT molecular complexity index is 583. The number of likely N-dealkylation sites (N-methyl/N-ethyl adjacent to an activating group) is 1. The van der Waals surface area contributed by atoms with Gasteiger partial charge in [0.25, 0.3) is 10.0 Å². The summed E-state index contributed by atoms with van der Waals surface area (Å²) >= 11 is 1.39. The Morgan fingerprint density at radius 2 is 2.14 bits per heavy atom. The van der Waals surface area contributed by atoms with Crippen LogP contribution in [0.15, 0.2) is 10.3 Å². The van der Waals surface area contributed by atoms with Gasteiger partial charge in [-0.15, -0.1) is 11.3 Å². The first-order valence-corrected chi connectivity index (χ1v) is 9.60. The number of rotatable bonds is 5. The molecule has 1 atom stereocenters. The van der Waals surface area contributed by atoms with E-state index in [0.717, 1.165) is 23.4 Å². The molecule has 21 heavy (non-hydrogen) atoms. The summed E-state index contributed by atoms with van der Waals surface area (Å²) in [5.74, 6) is 0. The SMILES string of the molecule is CCC1CN(S(=O)(=O)c2cc(C)c(CNC)s2)CCN1C. The second-order valence-corrected chi connectivity index (χ2v) is 8.91. The van der Waals surface area contributed by atoms with E-state index in [1.807, 2.05) is 20.0 Å². The van der Waals surface area contributed by atoms with Crippen molar-refractivity contribution in [1.29, 1.82) is 0 Å². The molecule has 2 heterocycles. The molecule has 1 aliphatic rings. The van der Waals surface area contributed by atoms with E-state index in [1.54, 1.807) is 4.31 Å². The van der Waals surface area contributed by atoms with Crippen molar-refractivity contribution in [1.82, 2.24) is 14.5 Å². The van der Waals surface area contributed by atoms with E-state index in [4.69, 9.17) is 0 Å². The van der Waals surface area contributed by atoms with Crippen LogP contribution >= 0.6 is 11.3 Å². The fraction of sp³-hybridized carbons (Fsp3) is 0.714. The van der Waals surface area contributed by atoms with Crippen molar-refractivity contribution in [2.75, 3.05) is 33.7 Å². The fourth-order valence-electron chi connectivity index (χ4n) is 2.66. The largest absolute Gasteiger partial charge is 0.315 e. The monoisotopic (exact) mass is 331 g/mol. The minimum atomic E-state index is -3.35. The minimum absolute atomic E-state index is 0.311. The van der Waals surface area contributed by atoms with Crippen LogP contribution in [0.5, 0.6) is 0 Å². The third kappa shape index (κ3) is 3.48. The van der Waals surface area contributed by atoms with Crippen LogP contribution in [0.4, 0.5) is 0 Å². The molecule has 0 aromatic carbocycles. The van der Waals surface area contributed by atoms with Crippen molar-refractivity contribution < 1.29 is 8.42 Å². The minimum Gasteiger partial charge on any atom is -0.315 e. The van der Waals surface area contributed by atoms with Crippen LogP contribution in [0, 0.1) is 6.92 Å². The highest BCUT2D eigenvalue weighted by molar-refractivity contribution is 7.91. The molecule has 0 amide bonds. The molecule has 1 saturated heterocycles. The van der Waals surface area contributed by atoms with E-state index in [2.05, 4.69) is 24.2 Å². The van der Waals surface area contributed by atoms with Crippen LogP contribution in [0.25, 0.3) is 0 Å².